The molecule has 2 heterocycles. The molecule has 0 aliphatic heterocycles. The average Bonchev–Trinajstić information content (AvgIpc) is 2.43. The molecule has 0 saturated heterocycles. The molecule has 0 fully saturated rings. The first kappa shape index (κ1) is 7.09. The second-order valence-corrected chi connectivity index (χ2v) is 2.66. The van der Waals surface area contributed by atoms with Gasteiger partial charge in [-0.15, -0.1) is 5.10 Å². The van der Waals surface area contributed by atoms with Crippen molar-refractivity contribution in [3.05, 3.63) is 23.9 Å². The molecule has 2 aromatic heterocycles. The van der Waals surface area contributed by atoms with E-state index in [1.54, 1.807) is 4.52 Å². The number of fused-ring (bicyclic) bond motifs is 1. The fourth-order valence-electron chi connectivity index (χ4n) is 1.15. The summed E-state index contributed by atoms with van der Waals surface area (Å²) in [6, 6.07) is 3.95. The van der Waals surface area contributed by atoms with Gasteiger partial charge in [0.1, 0.15) is 0 Å². The quantitative estimate of drug-likeness (QED) is 0.677. The van der Waals surface area contributed by atoms with E-state index in [0.717, 1.165) is 12.1 Å². The predicted octanol–water partition coefficient (Wildman–Crippen LogP) is 0.874. The Balaban J connectivity index is 2.66. The number of rotatable bonds is 1. The Morgan fingerprint density at radius 3 is 3.08 bits per heavy atom. The maximum atomic E-state index is 5.44. The summed E-state index contributed by atoms with van der Waals surface area (Å²) < 4.78 is 1.70. The Morgan fingerprint density at radius 1 is 1.50 bits per heavy atom. The number of nitrogen functional groups attached to an aromatic ring is 1. The van der Waals surface area contributed by atoms with E-state index in [9.17, 15) is 0 Å². The van der Waals surface area contributed by atoms with Gasteiger partial charge in [-0.2, -0.15) is 4.98 Å². The van der Waals surface area contributed by atoms with Crippen LogP contribution >= 0.6 is 0 Å². The number of nitrogens with zero attached hydrogens (tertiary/aromatic N) is 3. The minimum absolute atomic E-state index is 0.322. The van der Waals surface area contributed by atoms with E-state index >= 15 is 0 Å². The zero-order chi connectivity index (χ0) is 8.55. The highest BCUT2D eigenvalue weighted by atomic mass is 15.3. The maximum absolute atomic E-state index is 5.44. The van der Waals surface area contributed by atoms with Crippen LogP contribution in [0.1, 0.15) is 12.5 Å². The molecule has 0 saturated carbocycles. The van der Waals surface area contributed by atoms with Gasteiger partial charge >= 0.3 is 0 Å². The Hall–Kier alpha value is -1.58. The summed E-state index contributed by atoms with van der Waals surface area (Å²) in [4.78, 5) is 4.02. The molecular weight excluding hydrogens is 152 g/mol. The lowest BCUT2D eigenvalue weighted by Crippen LogP contribution is -1.91. The number of anilines is 1. The van der Waals surface area contributed by atoms with Gasteiger partial charge in [0.25, 0.3) is 0 Å². The lowest BCUT2D eigenvalue weighted by Gasteiger charge is -1.95. The van der Waals surface area contributed by atoms with Crippen molar-refractivity contribution in [3.63, 3.8) is 0 Å². The van der Waals surface area contributed by atoms with Crippen LogP contribution in [-0.4, -0.2) is 14.6 Å². The van der Waals surface area contributed by atoms with Gasteiger partial charge in [0.15, 0.2) is 5.65 Å². The van der Waals surface area contributed by atoms with Crippen LogP contribution in [0.3, 0.4) is 0 Å². The third-order valence-electron chi connectivity index (χ3n) is 1.82. The molecule has 0 aliphatic carbocycles. The van der Waals surface area contributed by atoms with Gasteiger partial charge in [-0.1, -0.05) is 13.0 Å². The van der Waals surface area contributed by atoms with E-state index in [2.05, 4.69) is 17.0 Å². The van der Waals surface area contributed by atoms with Crippen molar-refractivity contribution >= 4 is 11.6 Å². The van der Waals surface area contributed by atoms with E-state index < -0.39 is 0 Å². The van der Waals surface area contributed by atoms with Crippen LogP contribution < -0.4 is 5.73 Å². The highest BCUT2D eigenvalue weighted by molar-refractivity contribution is 5.42. The van der Waals surface area contributed by atoms with Crippen molar-refractivity contribution in [2.45, 2.75) is 13.3 Å². The number of pyridine rings is 1. The van der Waals surface area contributed by atoms with Crippen molar-refractivity contribution in [2.24, 2.45) is 0 Å². The monoisotopic (exact) mass is 162 g/mol. The summed E-state index contributed by atoms with van der Waals surface area (Å²) in [5, 5.41) is 4.01. The molecule has 0 atom stereocenters. The fourth-order valence-corrected chi connectivity index (χ4v) is 1.15. The number of hydrogen-bond acceptors (Lipinski definition) is 3. The van der Waals surface area contributed by atoms with Crippen LogP contribution in [0.15, 0.2) is 18.3 Å². The highest BCUT2D eigenvalue weighted by Gasteiger charge is 1.98. The lowest BCUT2D eigenvalue weighted by atomic mass is 10.2. The smallest absolute Gasteiger partial charge is 0.240 e. The summed E-state index contributed by atoms with van der Waals surface area (Å²) in [6.45, 7) is 2.10. The second-order valence-electron chi connectivity index (χ2n) is 2.66. The van der Waals surface area contributed by atoms with E-state index in [4.69, 9.17) is 5.73 Å². The van der Waals surface area contributed by atoms with Crippen molar-refractivity contribution in [2.75, 3.05) is 5.73 Å². The molecule has 0 bridgehead atoms. The first-order valence-electron chi connectivity index (χ1n) is 3.90. The highest BCUT2D eigenvalue weighted by Crippen LogP contribution is 2.05. The SMILES string of the molecule is CCc1ccc2nc(N)nn2c1. The number of hydrogen-bond donors (Lipinski definition) is 1. The Bertz CT molecular complexity index is 404. The number of nitrogens with two attached hydrogens (primary N) is 1. The molecular formula is C8H10N4. The summed E-state index contributed by atoms with van der Waals surface area (Å²) in [6.07, 6.45) is 2.94. The fraction of sp³-hybridized carbons (Fsp3) is 0.250. The normalized spacial score (nSPS) is 10.8. The van der Waals surface area contributed by atoms with Crippen molar-refractivity contribution in [1.29, 1.82) is 0 Å². The van der Waals surface area contributed by atoms with Gasteiger partial charge in [0, 0.05) is 6.20 Å². The van der Waals surface area contributed by atoms with E-state index in [0.29, 0.717) is 5.95 Å². The molecule has 4 nitrogen and oxygen atoms in total. The topological polar surface area (TPSA) is 56.2 Å². The molecule has 62 valence electrons. The Kier molecular flexibility index (Phi) is 1.46. The Labute approximate surface area is 70.0 Å². The van der Waals surface area contributed by atoms with Crippen molar-refractivity contribution < 1.29 is 0 Å². The predicted molar refractivity (Wildman–Crippen MR) is 46.8 cm³/mol. The van der Waals surface area contributed by atoms with Gasteiger partial charge < -0.3 is 5.73 Å². The van der Waals surface area contributed by atoms with Crippen LogP contribution in [0.25, 0.3) is 5.65 Å². The summed E-state index contributed by atoms with van der Waals surface area (Å²) in [7, 11) is 0. The minimum atomic E-state index is 0.322. The molecule has 2 rings (SSSR count). The summed E-state index contributed by atoms with van der Waals surface area (Å²) >= 11 is 0. The standard InChI is InChI=1S/C8H10N4/c1-2-6-3-4-7-10-8(9)11-12(7)5-6/h3-5H,2H2,1H3,(H2,9,11). The number of aromatic nitrogens is 3. The molecule has 2 N–H and O–H groups in total. The third-order valence-corrected chi connectivity index (χ3v) is 1.82. The van der Waals surface area contributed by atoms with Gasteiger partial charge in [0.2, 0.25) is 5.95 Å². The molecule has 12 heavy (non-hydrogen) atoms. The summed E-state index contributed by atoms with van der Waals surface area (Å²) in [5.41, 5.74) is 7.46. The van der Waals surface area contributed by atoms with Gasteiger partial charge in [-0.05, 0) is 18.1 Å². The van der Waals surface area contributed by atoms with E-state index in [1.807, 2.05) is 18.3 Å². The van der Waals surface area contributed by atoms with Crippen molar-refractivity contribution in [3.8, 4) is 0 Å². The van der Waals surface area contributed by atoms with E-state index in [-0.39, 0.29) is 0 Å². The summed E-state index contributed by atoms with van der Waals surface area (Å²) in [5.74, 6) is 0.322. The van der Waals surface area contributed by atoms with Crippen LogP contribution in [0, 0.1) is 0 Å². The molecule has 2 aromatic rings. The third kappa shape index (κ3) is 1.01. The molecule has 0 aliphatic rings. The molecule has 0 aromatic carbocycles. The van der Waals surface area contributed by atoms with Gasteiger partial charge in [0.05, 0.1) is 0 Å². The van der Waals surface area contributed by atoms with Crippen LogP contribution in [0.4, 0.5) is 5.95 Å². The van der Waals surface area contributed by atoms with Crippen LogP contribution in [0.5, 0.6) is 0 Å². The lowest BCUT2D eigenvalue weighted by molar-refractivity contribution is 0.941. The van der Waals surface area contributed by atoms with E-state index in [1.165, 1.54) is 5.56 Å². The first-order chi connectivity index (χ1) is 5.79. The largest absolute Gasteiger partial charge is 0.366 e. The molecule has 0 unspecified atom stereocenters. The van der Waals surface area contributed by atoms with Gasteiger partial charge in [-0.25, -0.2) is 4.52 Å². The molecule has 0 spiro atoms. The van der Waals surface area contributed by atoms with Crippen LogP contribution in [0.2, 0.25) is 0 Å². The average molecular weight is 162 g/mol. The Morgan fingerprint density at radius 2 is 2.33 bits per heavy atom. The molecule has 0 amide bonds. The number of aryl methyl sites for hydroxylation is 1. The second kappa shape index (κ2) is 2.48. The maximum Gasteiger partial charge on any atom is 0.240 e. The zero-order valence-corrected chi connectivity index (χ0v) is 6.86. The zero-order valence-electron chi connectivity index (χ0n) is 6.86. The van der Waals surface area contributed by atoms with Crippen molar-refractivity contribution in [1.82, 2.24) is 14.6 Å². The minimum Gasteiger partial charge on any atom is -0.366 e. The van der Waals surface area contributed by atoms with Crippen LogP contribution in [-0.2, 0) is 6.42 Å². The first-order valence-corrected chi connectivity index (χ1v) is 3.90. The molecule has 4 heteroatoms. The van der Waals surface area contributed by atoms with Gasteiger partial charge in [-0.3, -0.25) is 0 Å². The molecule has 0 radical (unpaired) electrons.